The van der Waals surface area contributed by atoms with Crippen LogP contribution in [-0.4, -0.2) is 25.8 Å². The molecule has 0 unspecified atom stereocenters. The molecule has 7 nitrogen and oxygen atoms in total. The number of alkyl halides is 3. The molecule has 0 aliphatic rings. The van der Waals surface area contributed by atoms with Crippen molar-refractivity contribution in [1.82, 2.24) is 19.9 Å². The smallest absolute Gasteiger partial charge is 0.416 e. The lowest BCUT2D eigenvalue weighted by atomic mass is 10.1. The Morgan fingerprint density at radius 1 is 1.10 bits per heavy atom. The quantitative estimate of drug-likeness (QED) is 0.505. The summed E-state index contributed by atoms with van der Waals surface area (Å²) in [6, 6.07) is 10.6. The maximum atomic E-state index is 12.9. The highest BCUT2D eigenvalue weighted by molar-refractivity contribution is 6.04. The molecular weight excluding hydrogens is 399 g/mol. The molecule has 2 aromatic heterocycles. The maximum absolute atomic E-state index is 12.9. The first kappa shape index (κ1) is 19.4. The van der Waals surface area contributed by atoms with E-state index in [0.29, 0.717) is 22.7 Å². The largest absolute Gasteiger partial charge is 0.437 e. The minimum Gasteiger partial charge on any atom is -0.437 e. The Kier molecular flexibility index (Phi) is 4.82. The van der Waals surface area contributed by atoms with Crippen LogP contribution in [0.5, 0.6) is 11.6 Å². The van der Waals surface area contributed by atoms with E-state index in [9.17, 15) is 18.0 Å². The summed E-state index contributed by atoms with van der Waals surface area (Å²) in [5, 5.41) is 2.46. The molecule has 2 aromatic carbocycles. The zero-order chi connectivity index (χ0) is 21.3. The van der Waals surface area contributed by atoms with E-state index >= 15 is 0 Å². The van der Waals surface area contributed by atoms with Crippen LogP contribution in [0.2, 0.25) is 0 Å². The normalized spacial score (nSPS) is 11.5. The molecule has 4 aromatic rings. The summed E-state index contributed by atoms with van der Waals surface area (Å²) in [7, 11) is 0. The number of anilines is 1. The molecule has 1 amide bonds. The van der Waals surface area contributed by atoms with E-state index in [-0.39, 0.29) is 17.1 Å². The molecule has 0 radical (unpaired) electrons. The van der Waals surface area contributed by atoms with Crippen molar-refractivity contribution in [3.05, 3.63) is 71.8 Å². The van der Waals surface area contributed by atoms with Crippen LogP contribution in [0.4, 0.5) is 18.9 Å². The molecule has 0 spiro atoms. The predicted molar refractivity (Wildman–Crippen MR) is 102 cm³/mol. The Labute approximate surface area is 168 Å². The fourth-order valence-corrected chi connectivity index (χ4v) is 2.77. The lowest BCUT2D eigenvalue weighted by Gasteiger charge is -2.11. The van der Waals surface area contributed by atoms with Crippen LogP contribution >= 0.6 is 0 Å². The van der Waals surface area contributed by atoms with Crippen molar-refractivity contribution < 1.29 is 22.7 Å². The van der Waals surface area contributed by atoms with E-state index in [1.165, 1.54) is 30.6 Å². The average Bonchev–Trinajstić information content (AvgIpc) is 3.16. The Balaban J connectivity index is 1.56. The zero-order valence-electron chi connectivity index (χ0n) is 15.5. The number of halogens is 3. The average molecular weight is 413 g/mol. The number of fused-ring (bicyclic) bond motifs is 1. The minimum absolute atomic E-state index is 0.0340. The Morgan fingerprint density at radius 2 is 1.90 bits per heavy atom. The first-order chi connectivity index (χ1) is 14.3. The van der Waals surface area contributed by atoms with Crippen molar-refractivity contribution >= 4 is 22.8 Å². The Morgan fingerprint density at radius 3 is 2.70 bits per heavy atom. The number of hydrogen-bond acceptors (Lipinski definition) is 5. The van der Waals surface area contributed by atoms with Crippen molar-refractivity contribution in [2.24, 2.45) is 0 Å². The molecule has 0 saturated heterocycles. The topological polar surface area (TPSA) is 92.8 Å². The number of rotatable bonds is 4. The third-order valence-electron chi connectivity index (χ3n) is 4.12. The van der Waals surface area contributed by atoms with Crippen molar-refractivity contribution in [2.45, 2.75) is 13.1 Å². The van der Waals surface area contributed by atoms with Crippen LogP contribution < -0.4 is 10.1 Å². The summed E-state index contributed by atoms with van der Waals surface area (Å²) in [4.78, 5) is 27.9. The molecule has 0 aliphatic carbocycles. The van der Waals surface area contributed by atoms with Crippen molar-refractivity contribution in [2.75, 3.05) is 5.32 Å². The van der Waals surface area contributed by atoms with Crippen LogP contribution in [0.15, 0.2) is 54.9 Å². The second-order valence-corrected chi connectivity index (χ2v) is 6.34. The molecule has 2 N–H and O–H groups in total. The number of carbonyl (C=O) groups excluding carboxylic acids is 1. The highest BCUT2D eigenvalue weighted by Gasteiger charge is 2.30. The van der Waals surface area contributed by atoms with Crippen LogP contribution in [-0.2, 0) is 6.18 Å². The highest BCUT2D eigenvalue weighted by atomic mass is 19.4. The monoisotopic (exact) mass is 413 g/mol. The molecule has 0 saturated carbocycles. The molecule has 0 atom stereocenters. The van der Waals surface area contributed by atoms with Gasteiger partial charge in [-0.3, -0.25) is 4.79 Å². The first-order valence-corrected chi connectivity index (χ1v) is 8.74. The molecule has 152 valence electrons. The summed E-state index contributed by atoms with van der Waals surface area (Å²) in [6.07, 6.45) is -3.03. The molecule has 0 fully saturated rings. The second-order valence-electron chi connectivity index (χ2n) is 6.34. The number of carbonyl (C=O) groups is 1. The van der Waals surface area contributed by atoms with Crippen LogP contribution in [0, 0.1) is 6.92 Å². The summed E-state index contributed by atoms with van der Waals surface area (Å²) in [5.74, 6) is 0.444. The van der Waals surface area contributed by atoms with Gasteiger partial charge in [-0.1, -0.05) is 12.1 Å². The lowest BCUT2D eigenvalue weighted by Crippen LogP contribution is -2.13. The van der Waals surface area contributed by atoms with Crippen LogP contribution in [0.1, 0.15) is 21.7 Å². The number of hydrogen-bond donors (Lipinski definition) is 2. The second kappa shape index (κ2) is 7.47. The molecule has 30 heavy (non-hydrogen) atoms. The van der Waals surface area contributed by atoms with Crippen molar-refractivity contribution in [3.8, 4) is 11.6 Å². The fraction of sp³-hybridized carbons (Fsp3) is 0.100. The summed E-state index contributed by atoms with van der Waals surface area (Å²) >= 11 is 0. The number of nitrogens with one attached hydrogen (secondary N) is 2. The third kappa shape index (κ3) is 4.07. The van der Waals surface area contributed by atoms with Crippen LogP contribution in [0.25, 0.3) is 11.2 Å². The third-order valence-corrected chi connectivity index (χ3v) is 4.12. The van der Waals surface area contributed by atoms with Gasteiger partial charge in [0.15, 0.2) is 5.65 Å². The molecule has 2 heterocycles. The van der Waals surface area contributed by atoms with Gasteiger partial charge in [0.05, 0.1) is 11.9 Å². The molecule has 0 aliphatic heterocycles. The van der Waals surface area contributed by atoms with Gasteiger partial charge < -0.3 is 15.0 Å². The highest BCUT2D eigenvalue weighted by Crippen LogP contribution is 2.31. The van der Waals surface area contributed by atoms with E-state index < -0.39 is 17.6 Å². The van der Waals surface area contributed by atoms with E-state index in [4.69, 9.17) is 4.74 Å². The number of aromatic amines is 1. The van der Waals surface area contributed by atoms with Gasteiger partial charge in [0, 0.05) is 11.3 Å². The Bertz CT molecular complexity index is 1240. The lowest BCUT2D eigenvalue weighted by molar-refractivity contribution is -0.137. The van der Waals surface area contributed by atoms with Crippen LogP contribution in [0.3, 0.4) is 0 Å². The standard InChI is InChI=1S/C20H14F3N5O2/c1-11-26-17-16(24-10-25-17)19(27-11)30-15-7-2-4-12(8-15)18(29)28-14-6-3-5-13(9-14)20(21,22)23/h2-10H,1H3,(H,28,29)(H,24,25,26,27). The number of amides is 1. The van der Waals surface area contributed by atoms with Gasteiger partial charge in [-0.15, -0.1) is 0 Å². The first-order valence-electron chi connectivity index (χ1n) is 8.74. The van der Waals surface area contributed by atoms with E-state index in [0.717, 1.165) is 12.1 Å². The molecular formula is C20H14F3N5O2. The number of imidazole rings is 1. The molecule has 0 bridgehead atoms. The van der Waals surface area contributed by atoms with Gasteiger partial charge >= 0.3 is 6.18 Å². The van der Waals surface area contributed by atoms with Gasteiger partial charge in [-0.05, 0) is 43.3 Å². The summed E-state index contributed by atoms with van der Waals surface area (Å²) in [6.45, 7) is 1.69. The van der Waals surface area contributed by atoms with Gasteiger partial charge in [-0.25, -0.2) is 9.97 Å². The minimum atomic E-state index is -4.50. The van der Waals surface area contributed by atoms with E-state index in [2.05, 4.69) is 25.3 Å². The zero-order valence-corrected chi connectivity index (χ0v) is 15.5. The van der Waals surface area contributed by atoms with Crippen molar-refractivity contribution in [3.63, 3.8) is 0 Å². The van der Waals surface area contributed by atoms with Gasteiger partial charge in [-0.2, -0.15) is 18.2 Å². The van der Waals surface area contributed by atoms with Gasteiger partial charge in [0.2, 0.25) is 5.88 Å². The fourth-order valence-electron chi connectivity index (χ4n) is 2.77. The molecule has 4 rings (SSSR count). The number of ether oxygens (including phenoxy) is 1. The van der Waals surface area contributed by atoms with E-state index in [1.807, 2.05) is 0 Å². The maximum Gasteiger partial charge on any atom is 0.416 e. The molecule has 10 heteroatoms. The Hall–Kier alpha value is -3.95. The van der Waals surface area contributed by atoms with E-state index in [1.54, 1.807) is 19.1 Å². The van der Waals surface area contributed by atoms with Gasteiger partial charge in [0.1, 0.15) is 17.1 Å². The SMILES string of the molecule is Cc1nc(Oc2cccc(C(=O)Nc3cccc(C(F)(F)F)c3)c2)c2[nH]cnc2n1. The van der Waals surface area contributed by atoms with Gasteiger partial charge in [0.25, 0.3) is 5.91 Å². The number of aromatic nitrogens is 4. The number of nitrogens with zero attached hydrogens (tertiary/aromatic N) is 3. The predicted octanol–water partition coefficient (Wildman–Crippen LogP) is 4.72. The summed E-state index contributed by atoms with van der Waals surface area (Å²) < 4.78 is 44.4. The summed E-state index contributed by atoms with van der Waals surface area (Å²) in [5.41, 5.74) is 0.332. The van der Waals surface area contributed by atoms with Crippen molar-refractivity contribution in [1.29, 1.82) is 0 Å². The number of benzene rings is 2. The number of H-pyrrole nitrogens is 1. The number of aryl methyl sites for hydroxylation is 1.